The highest BCUT2D eigenvalue weighted by Gasteiger charge is 2.37. The predicted octanol–water partition coefficient (Wildman–Crippen LogP) is 2.97. The molecule has 1 fully saturated rings. The van der Waals surface area contributed by atoms with Gasteiger partial charge in [-0.2, -0.15) is 0 Å². The minimum Gasteiger partial charge on any atom is -0.496 e. The molecule has 1 aromatic rings. The van der Waals surface area contributed by atoms with Gasteiger partial charge in [0.25, 0.3) is 0 Å². The zero-order chi connectivity index (χ0) is 20.2. The van der Waals surface area contributed by atoms with Crippen LogP contribution in [0.1, 0.15) is 32.8 Å². The Morgan fingerprint density at radius 2 is 2.04 bits per heavy atom. The van der Waals surface area contributed by atoms with E-state index in [0.29, 0.717) is 36.5 Å². The molecule has 27 heavy (non-hydrogen) atoms. The van der Waals surface area contributed by atoms with Crippen LogP contribution in [0.3, 0.4) is 0 Å². The Kier molecular flexibility index (Phi) is 6.65. The minimum atomic E-state index is -0.752. The number of ether oxygens (including phenoxy) is 1. The highest BCUT2D eigenvalue weighted by Crippen LogP contribution is 2.35. The van der Waals surface area contributed by atoms with Crippen molar-refractivity contribution in [2.24, 2.45) is 23.0 Å². The van der Waals surface area contributed by atoms with Gasteiger partial charge in [0.15, 0.2) is 0 Å². The zero-order valence-corrected chi connectivity index (χ0v) is 16.7. The highest BCUT2D eigenvalue weighted by molar-refractivity contribution is 6.08. The molecular weight excluding hydrogens is 342 g/mol. The van der Waals surface area contributed by atoms with Gasteiger partial charge < -0.3 is 21.0 Å². The van der Waals surface area contributed by atoms with E-state index < -0.39 is 5.97 Å². The first-order valence-corrected chi connectivity index (χ1v) is 9.25. The fourth-order valence-electron chi connectivity index (χ4n) is 3.56. The summed E-state index contributed by atoms with van der Waals surface area (Å²) in [6, 6.07) is 7.34. The molecule has 6 heteroatoms. The summed E-state index contributed by atoms with van der Waals surface area (Å²) in [7, 11) is 1.57. The Bertz CT molecular complexity index is 722. The van der Waals surface area contributed by atoms with E-state index in [1.807, 2.05) is 24.3 Å². The van der Waals surface area contributed by atoms with Crippen LogP contribution in [0.4, 0.5) is 0 Å². The first-order chi connectivity index (χ1) is 12.6. The summed E-state index contributed by atoms with van der Waals surface area (Å²) in [5, 5.41) is 17.8. The van der Waals surface area contributed by atoms with Crippen LogP contribution in [0.5, 0.6) is 5.75 Å². The zero-order valence-electron chi connectivity index (χ0n) is 16.7. The molecule has 4 N–H and O–H groups in total. The van der Waals surface area contributed by atoms with Crippen LogP contribution in [0.25, 0.3) is 0 Å². The third-order valence-corrected chi connectivity index (χ3v) is 5.23. The molecule has 1 aliphatic heterocycles. The van der Waals surface area contributed by atoms with Gasteiger partial charge in [0, 0.05) is 30.9 Å². The van der Waals surface area contributed by atoms with E-state index in [1.54, 1.807) is 13.2 Å². The Balaban J connectivity index is 2.12. The van der Waals surface area contributed by atoms with Crippen LogP contribution >= 0.6 is 0 Å². The van der Waals surface area contributed by atoms with E-state index >= 15 is 0 Å². The maximum absolute atomic E-state index is 11.6. The quantitative estimate of drug-likeness (QED) is 0.666. The topological polar surface area (TPSA) is 99.6 Å². The van der Waals surface area contributed by atoms with Gasteiger partial charge >= 0.3 is 5.97 Å². The van der Waals surface area contributed by atoms with Crippen LogP contribution in [-0.2, 0) is 4.79 Å². The van der Waals surface area contributed by atoms with Crippen molar-refractivity contribution in [3.05, 3.63) is 41.6 Å². The van der Waals surface area contributed by atoms with Crippen molar-refractivity contribution in [1.82, 2.24) is 4.90 Å². The van der Waals surface area contributed by atoms with Crippen molar-refractivity contribution in [1.29, 1.82) is 5.41 Å². The number of hydrogen-bond donors (Lipinski definition) is 3. The lowest BCUT2D eigenvalue weighted by molar-refractivity contribution is -0.145. The number of carboxylic acids is 1. The lowest BCUT2D eigenvalue weighted by atomic mass is 9.73. The largest absolute Gasteiger partial charge is 0.496 e. The van der Waals surface area contributed by atoms with Crippen molar-refractivity contribution < 1.29 is 14.6 Å². The third-order valence-electron chi connectivity index (χ3n) is 5.23. The van der Waals surface area contributed by atoms with Gasteiger partial charge in [0.1, 0.15) is 5.75 Å². The number of aliphatic carboxylic acids is 1. The number of para-hydroxylation sites is 1. The second kappa shape index (κ2) is 8.57. The van der Waals surface area contributed by atoms with Crippen LogP contribution in [0.2, 0.25) is 0 Å². The van der Waals surface area contributed by atoms with Crippen molar-refractivity contribution >= 4 is 11.7 Å². The van der Waals surface area contributed by atoms with E-state index in [0.717, 1.165) is 6.54 Å². The van der Waals surface area contributed by atoms with Crippen molar-refractivity contribution in [3.8, 4) is 5.75 Å². The number of carboxylic acid groups (broad SMARTS) is 1. The molecule has 2 unspecified atom stereocenters. The van der Waals surface area contributed by atoms with Crippen LogP contribution < -0.4 is 10.5 Å². The summed E-state index contributed by atoms with van der Waals surface area (Å²) in [4.78, 5) is 13.7. The van der Waals surface area contributed by atoms with E-state index in [1.165, 1.54) is 0 Å². The van der Waals surface area contributed by atoms with Crippen molar-refractivity contribution in [2.45, 2.75) is 27.2 Å². The number of rotatable bonds is 6. The second-order valence-corrected chi connectivity index (χ2v) is 8.36. The van der Waals surface area contributed by atoms with Gasteiger partial charge in [-0.1, -0.05) is 32.9 Å². The number of nitrogens with one attached hydrogen (secondary N) is 1. The van der Waals surface area contributed by atoms with Crippen LogP contribution in [0, 0.1) is 22.7 Å². The van der Waals surface area contributed by atoms with Crippen molar-refractivity contribution in [2.75, 3.05) is 26.7 Å². The van der Waals surface area contributed by atoms with Gasteiger partial charge in [-0.15, -0.1) is 0 Å². The molecule has 1 aliphatic rings. The molecule has 0 bridgehead atoms. The number of hydrogen-bond acceptors (Lipinski definition) is 5. The maximum atomic E-state index is 11.6. The SMILES string of the molecule is COc1ccccc1C(=N)/C=C(\N)CN1CC(C(=O)O)CC(C(C)(C)C)C1. The molecule has 0 aliphatic carbocycles. The van der Waals surface area contributed by atoms with E-state index in [4.69, 9.17) is 15.9 Å². The average Bonchev–Trinajstić information content (AvgIpc) is 2.60. The highest BCUT2D eigenvalue weighted by atomic mass is 16.5. The van der Waals surface area contributed by atoms with Gasteiger partial charge in [-0.3, -0.25) is 9.69 Å². The molecule has 2 atom stereocenters. The van der Waals surface area contributed by atoms with Crippen molar-refractivity contribution in [3.63, 3.8) is 0 Å². The molecule has 1 saturated heterocycles. The van der Waals surface area contributed by atoms with Gasteiger partial charge in [-0.25, -0.2) is 0 Å². The number of piperidine rings is 1. The summed E-state index contributed by atoms with van der Waals surface area (Å²) in [5.41, 5.74) is 7.74. The number of allylic oxidation sites excluding steroid dienone is 1. The maximum Gasteiger partial charge on any atom is 0.307 e. The molecule has 0 saturated carbocycles. The molecular formula is C21H31N3O3. The smallest absolute Gasteiger partial charge is 0.307 e. The Morgan fingerprint density at radius 3 is 2.63 bits per heavy atom. The molecule has 0 spiro atoms. The fourth-order valence-corrected chi connectivity index (χ4v) is 3.56. The number of methoxy groups -OCH3 is 1. The molecule has 1 heterocycles. The van der Waals surface area contributed by atoms with Gasteiger partial charge in [0.05, 0.1) is 18.7 Å². The number of nitrogens with zero attached hydrogens (tertiary/aromatic N) is 1. The first-order valence-electron chi connectivity index (χ1n) is 9.25. The minimum absolute atomic E-state index is 0.0367. The number of carbonyl (C=O) groups is 1. The molecule has 0 radical (unpaired) electrons. The monoisotopic (exact) mass is 373 g/mol. The summed E-state index contributed by atoms with van der Waals surface area (Å²) < 4.78 is 5.30. The molecule has 6 nitrogen and oxygen atoms in total. The Hall–Kier alpha value is -2.34. The Morgan fingerprint density at radius 1 is 1.37 bits per heavy atom. The Labute approximate surface area is 161 Å². The van der Waals surface area contributed by atoms with Gasteiger partial charge in [-0.05, 0) is 36.0 Å². The normalized spacial score (nSPS) is 21.7. The lowest BCUT2D eigenvalue weighted by Gasteiger charge is -2.42. The molecule has 0 aromatic heterocycles. The summed E-state index contributed by atoms with van der Waals surface area (Å²) >= 11 is 0. The summed E-state index contributed by atoms with van der Waals surface area (Å²) in [6.45, 7) is 8.19. The van der Waals surface area contributed by atoms with E-state index in [9.17, 15) is 9.90 Å². The number of likely N-dealkylation sites (tertiary alicyclic amines) is 1. The first kappa shape index (κ1) is 21.0. The molecule has 0 amide bonds. The number of nitrogens with two attached hydrogens (primary N) is 1. The second-order valence-electron chi connectivity index (χ2n) is 8.36. The standard InChI is InChI=1S/C21H31N3O3/c1-21(2,3)15-9-14(20(25)26)11-24(12-15)13-16(22)10-18(23)17-7-5-6-8-19(17)27-4/h5-8,10,14-15,23H,9,11-13,22H2,1-4H3,(H,25,26)/b16-10-,23-18?. The predicted molar refractivity (Wildman–Crippen MR) is 107 cm³/mol. The lowest BCUT2D eigenvalue weighted by Crippen LogP contribution is -2.47. The molecule has 1 aromatic carbocycles. The number of benzene rings is 1. The average molecular weight is 373 g/mol. The van der Waals surface area contributed by atoms with Gasteiger partial charge in [0.2, 0.25) is 0 Å². The van der Waals surface area contributed by atoms with E-state index in [-0.39, 0.29) is 23.0 Å². The summed E-state index contributed by atoms with van der Waals surface area (Å²) in [5.74, 6) is -0.222. The fraction of sp³-hybridized carbons (Fsp3) is 0.524. The molecule has 2 rings (SSSR count). The molecule has 148 valence electrons. The third kappa shape index (κ3) is 5.57. The van der Waals surface area contributed by atoms with Crippen LogP contribution in [-0.4, -0.2) is 48.4 Å². The summed E-state index contributed by atoms with van der Waals surface area (Å²) in [6.07, 6.45) is 2.32. The van der Waals surface area contributed by atoms with E-state index in [2.05, 4.69) is 25.7 Å². The van der Waals surface area contributed by atoms with Crippen LogP contribution in [0.15, 0.2) is 36.0 Å².